The highest BCUT2D eigenvalue weighted by Gasteiger charge is 2.36. The molecule has 2 aromatic heterocycles. The van der Waals surface area contributed by atoms with Crippen LogP contribution in [-0.4, -0.2) is 48.0 Å². The average molecular weight is 361 g/mol. The van der Waals surface area contributed by atoms with Gasteiger partial charge in [-0.1, -0.05) is 12.1 Å². The first-order chi connectivity index (χ1) is 11.9. The summed E-state index contributed by atoms with van der Waals surface area (Å²) in [7, 11) is 3.28. The largest absolute Gasteiger partial charge is 0.382 e. The number of nitrogens with one attached hydrogen (secondary N) is 1. The molecule has 0 fully saturated rings. The van der Waals surface area contributed by atoms with Crippen LogP contribution in [0.3, 0.4) is 0 Å². The first kappa shape index (κ1) is 19.1. The topological polar surface area (TPSA) is 71.5 Å². The third-order valence-corrected chi connectivity index (χ3v) is 4.72. The molecule has 2 heterocycles. The van der Waals surface area contributed by atoms with Gasteiger partial charge in [0.1, 0.15) is 5.54 Å². The van der Waals surface area contributed by atoms with Gasteiger partial charge in [-0.15, -0.1) is 11.3 Å². The second-order valence-electron chi connectivity index (χ2n) is 6.20. The van der Waals surface area contributed by atoms with Crippen LogP contribution in [0, 0.1) is 0 Å². The molecule has 0 bridgehead atoms. The van der Waals surface area contributed by atoms with Crippen LogP contribution >= 0.6 is 11.3 Å². The van der Waals surface area contributed by atoms with Crippen molar-refractivity contribution < 1.29 is 14.3 Å². The second kappa shape index (κ2) is 8.22. The van der Waals surface area contributed by atoms with Crippen LogP contribution in [0.4, 0.5) is 0 Å². The highest BCUT2D eigenvalue weighted by atomic mass is 32.1. The molecule has 2 amide bonds. The monoisotopic (exact) mass is 361 g/mol. The molecule has 0 saturated carbocycles. The Bertz CT molecular complexity index is 702. The number of aromatic nitrogens is 1. The van der Waals surface area contributed by atoms with Crippen LogP contribution in [-0.2, 0) is 9.53 Å². The van der Waals surface area contributed by atoms with E-state index in [-0.39, 0.29) is 17.9 Å². The SMILES string of the molecule is COCC(c1ccccn1)N(C)C(=O)C(C)(C)NC(=O)c1cccs1. The zero-order chi connectivity index (χ0) is 18.4. The van der Waals surface area contributed by atoms with Crippen LogP contribution < -0.4 is 5.32 Å². The van der Waals surface area contributed by atoms with E-state index in [9.17, 15) is 9.59 Å². The summed E-state index contributed by atoms with van der Waals surface area (Å²) in [6.45, 7) is 3.70. The van der Waals surface area contributed by atoms with E-state index in [4.69, 9.17) is 4.74 Å². The maximum Gasteiger partial charge on any atom is 0.262 e. The molecule has 1 N–H and O–H groups in total. The normalized spacial score (nSPS) is 12.5. The summed E-state index contributed by atoms with van der Waals surface area (Å²) < 4.78 is 5.26. The van der Waals surface area contributed by atoms with Gasteiger partial charge in [0.25, 0.3) is 5.91 Å². The predicted octanol–water partition coefficient (Wildman–Crippen LogP) is 2.50. The molecule has 0 saturated heterocycles. The molecular weight excluding hydrogens is 338 g/mol. The fourth-order valence-corrected chi connectivity index (χ4v) is 3.13. The maximum absolute atomic E-state index is 13.0. The fraction of sp³-hybridized carbons (Fsp3) is 0.389. The van der Waals surface area contributed by atoms with Gasteiger partial charge < -0.3 is 15.0 Å². The first-order valence-electron chi connectivity index (χ1n) is 7.90. The quantitative estimate of drug-likeness (QED) is 0.822. The van der Waals surface area contributed by atoms with Gasteiger partial charge in [0.15, 0.2) is 0 Å². The van der Waals surface area contributed by atoms with Gasteiger partial charge in [0.05, 0.1) is 23.2 Å². The number of ether oxygens (including phenoxy) is 1. The number of hydrogen-bond donors (Lipinski definition) is 1. The third-order valence-electron chi connectivity index (χ3n) is 3.85. The standard InChI is InChI=1S/C18H23N3O3S/c1-18(2,20-16(22)15-9-7-11-25-15)17(23)21(3)14(12-24-4)13-8-5-6-10-19-13/h5-11,14H,12H2,1-4H3,(H,20,22). The van der Waals surface area contributed by atoms with Crippen LogP contribution in [0.15, 0.2) is 41.9 Å². The number of carbonyl (C=O) groups excluding carboxylic acids is 2. The number of thiophene rings is 1. The molecule has 1 unspecified atom stereocenters. The van der Waals surface area contributed by atoms with Crippen molar-refractivity contribution in [3.63, 3.8) is 0 Å². The van der Waals surface area contributed by atoms with Crippen molar-refractivity contribution in [3.05, 3.63) is 52.5 Å². The third kappa shape index (κ3) is 4.64. The van der Waals surface area contributed by atoms with E-state index in [2.05, 4.69) is 10.3 Å². The summed E-state index contributed by atoms with van der Waals surface area (Å²) in [5.74, 6) is -0.479. The lowest BCUT2D eigenvalue weighted by Gasteiger charge is -2.34. The zero-order valence-corrected chi connectivity index (χ0v) is 15.7. The Morgan fingerprint density at radius 2 is 2.08 bits per heavy atom. The Hall–Kier alpha value is -2.25. The molecule has 0 aliphatic rings. The average Bonchev–Trinajstić information content (AvgIpc) is 3.13. The molecule has 0 spiro atoms. The molecular formula is C18H23N3O3S. The van der Waals surface area contributed by atoms with Crippen LogP contribution in [0.1, 0.15) is 35.3 Å². The lowest BCUT2D eigenvalue weighted by atomic mass is 10.0. The van der Waals surface area contributed by atoms with Crippen LogP contribution in [0.2, 0.25) is 0 Å². The minimum Gasteiger partial charge on any atom is -0.382 e. The number of amides is 2. The molecule has 1 atom stereocenters. The number of likely N-dealkylation sites (N-methyl/N-ethyl adjacent to an activating group) is 1. The summed E-state index contributed by atoms with van der Waals surface area (Å²) in [6, 6.07) is 8.73. The number of rotatable bonds is 7. The molecule has 2 aromatic rings. The predicted molar refractivity (Wildman–Crippen MR) is 97.5 cm³/mol. The zero-order valence-electron chi connectivity index (χ0n) is 14.9. The van der Waals surface area contributed by atoms with E-state index in [1.54, 1.807) is 51.2 Å². The minimum atomic E-state index is -1.06. The summed E-state index contributed by atoms with van der Waals surface area (Å²) in [4.78, 5) is 31.8. The summed E-state index contributed by atoms with van der Waals surface area (Å²) >= 11 is 1.34. The van der Waals surface area contributed by atoms with Gasteiger partial charge >= 0.3 is 0 Å². The van der Waals surface area contributed by atoms with Gasteiger partial charge in [-0.3, -0.25) is 14.6 Å². The van der Waals surface area contributed by atoms with E-state index < -0.39 is 5.54 Å². The van der Waals surface area contributed by atoms with E-state index in [1.807, 2.05) is 23.6 Å². The number of hydrogen-bond acceptors (Lipinski definition) is 5. The van der Waals surface area contributed by atoms with Crippen molar-refractivity contribution in [1.82, 2.24) is 15.2 Å². The number of nitrogens with zero attached hydrogens (tertiary/aromatic N) is 2. The van der Waals surface area contributed by atoms with Gasteiger partial charge in [-0.2, -0.15) is 0 Å². The Morgan fingerprint density at radius 3 is 2.64 bits per heavy atom. The molecule has 2 rings (SSSR count). The van der Waals surface area contributed by atoms with E-state index in [0.29, 0.717) is 11.5 Å². The van der Waals surface area contributed by atoms with Crippen molar-refractivity contribution >= 4 is 23.2 Å². The van der Waals surface area contributed by atoms with E-state index in [1.165, 1.54) is 11.3 Å². The highest BCUT2D eigenvalue weighted by molar-refractivity contribution is 7.12. The van der Waals surface area contributed by atoms with Gasteiger partial charge in [0.2, 0.25) is 5.91 Å². The van der Waals surface area contributed by atoms with Crippen molar-refractivity contribution in [2.45, 2.75) is 25.4 Å². The van der Waals surface area contributed by atoms with E-state index >= 15 is 0 Å². The smallest absolute Gasteiger partial charge is 0.262 e. The highest BCUT2D eigenvalue weighted by Crippen LogP contribution is 2.21. The maximum atomic E-state index is 13.0. The van der Waals surface area contributed by atoms with Crippen LogP contribution in [0.25, 0.3) is 0 Å². The van der Waals surface area contributed by atoms with Crippen molar-refractivity contribution in [2.24, 2.45) is 0 Å². The summed E-state index contributed by atoms with van der Waals surface area (Å²) in [5, 5.41) is 4.63. The minimum absolute atomic E-state index is 0.217. The van der Waals surface area contributed by atoms with Gasteiger partial charge in [0, 0.05) is 20.4 Å². The summed E-state index contributed by atoms with van der Waals surface area (Å²) in [5.41, 5.74) is -0.322. The van der Waals surface area contributed by atoms with Gasteiger partial charge in [-0.25, -0.2) is 0 Å². The lowest BCUT2D eigenvalue weighted by molar-refractivity contribution is -0.138. The number of carbonyl (C=O) groups is 2. The summed E-state index contributed by atoms with van der Waals surface area (Å²) in [6.07, 6.45) is 1.68. The fourth-order valence-electron chi connectivity index (χ4n) is 2.52. The Morgan fingerprint density at radius 1 is 1.32 bits per heavy atom. The molecule has 0 aliphatic heterocycles. The Labute approximate surface area is 151 Å². The number of pyridine rings is 1. The van der Waals surface area contributed by atoms with Crippen molar-refractivity contribution in [2.75, 3.05) is 20.8 Å². The van der Waals surface area contributed by atoms with Crippen LogP contribution in [0.5, 0.6) is 0 Å². The van der Waals surface area contributed by atoms with E-state index in [0.717, 1.165) is 5.69 Å². The molecule has 134 valence electrons. The molecule has 6 nitrogen and oxygen atoms in total. The first-order valence-corrected chi connectivity index (χ1v) is 8.78. The number of methoxy groups -OCH3 is 1. The molecule has 7 heteroatoms. The van der Waals surface area contributed by atoms with Gasteiger partial charge in [-0.05, 0) is 37.4 Å². The Kier molecular flexibility index (Phi) is 6.27. The van der Waals surface area contributed by atoms with Crippen molar-refractivity contribution in [3.8, 4) is 0 Å². The Balaban J connectivity index is 2.16. The molecule has 0 aromatic carbocycles. The van der Waals surface area contributed by atoms with Crippen molar-refractivity contribution in [1.29, 1.82) is 0 Å². The second-order valence-corrected chi connectivity index (χ2v) is 7.15. The lowest BCUT2D eigenvalue weighted by Crippen LogP contribution is -2.56. The molecule has 0 radical (unpaired) electrons. The molecule has 0 aliphatic carbocycles. The molecule has 25 heavy (non-hydrogen) atoms.